The third-order valence-corrected chi connectivity index (χ3v) is 5.98. The lowest BCUT2D eigenvalue weighted by Gasteiger charge is -2.28. The maximum Gasteiger partial charge on any atom is 0.295 e. The van der Waals surface area contributed by atoms with Crippen molar-refractivity contribution in [1.29, 1.82) is 0 Å². The number of aryl methyl sites for hydroxylation is 1. The van der Waals surface area contributed by atoms with Crippen molar-refractivity contribution >= 4 is 17.4 Å². The van der Waals surface area contributed by atoms with Crippen molar-refractivity contribution in [3.05, 3.63) is 83.4 Å². The van der Waals surface area contributed by atoms with Gasteiger partial charge in [0.1, 0.15) is 18.1 Å². The highest BCUT2D eigenvalue weighted by Gasteiger charge is 2.45. The molecule has 1 heterocycles. The molecule has 0 saturated carbocycles. The second kappa shape index (κ2) is 11.0. The third-order valence-electron chi connectivity index (χ3n) is 5.98. The molecule has 6 heteroatoms. The molecule has 1 saturated heterocycles. The van der Waals surface area contributed by atoms with Gasteiger partial charge in [-0.3, -0.25) is 9.59 Å². The first-order valence-corrected chi connectivity index (χ1v) is 11.3. The van der Waals surface area contributed by atoms with Crippen LogP contribution in [0.1, 0.15) is 36.6 Å². The summed E-state index contributed by atoms with van der Waals surface area (Å²) in [7, 11) is 0. The SMILES string of the molecule is C=CCOc1ccc(C(O)=C2C(=O)C(=O)N(CCN(CC)CC)C2c2ccc(C)cc2)cc1. The molecule has 1 aliphatic rings. The summed E-state index contributed by atoms with van der Waals surface area (Å²) in [5.41, 5.74) is 2.45. The average Bonchev–Trinajstić information content (AvgIpc) is 3.08. The number of Topliss-reactive ketones (excluding diaryl/α,β-unsaturated/α-hetero) is 1. The fraction of sp³-hybridized carbons (Fsp3) is 0.333. The number of rotatable bonds is 10. The summed E-state index contributed by atoms with van der Waals surface area (Å²) in [4.78, 5) is 29.9. The van der Waals surface area contributed by atoms with Crippen molar-refractivity contribution in [3.63, 3.8) is 0 Å². The van der Waals surface area contributed by atoms with Gasteiger partial charge < -0.3 is 19.6 Å². The van der Waals surface area contributed by atoms with Crippen LogP contribution in [0.4, 0.5) is 0 Å². The van der Waals surface area contributed by atoms with Crippen LogP contribution in [0.25, 0.3) is 5.76 Å². The van der Waals surface area contributed by atoms with E-state index in [1.165, 1.54) is 0 Å². The normalized spacial score (nSPS) is 17.6. The minimum Gasteiger partial charge on any atom is -0.507 e. The molecule has 0 radical (unpaired) electrons. The fourth-order valence-electron chi connectivity index (χ4n) is 4.01. The molecule has 0 aliphatic carbocycles. The number of likely N-dealkylation sites (N-methyl/N-ethyl adjacent to an activating group) is 1. The zero-order chi connectivity index (χ0) is 24.0. The van der Waals surface area contributed by atoms with E-state index in [0.717, 1.165) is 24.2 Å². The number of hydrogen-bond donors (Lipinski definition) is 1. The van der Waals surface area contributed by atoms with E-state index < -0.39 is 17.7 Å². The zero-order valence-electron chi connectivity index (χ0n) is 19.6. The topological polar surface area (TPSA) is 70.1 Å². The molecule has 1 fully saturated rings. The van der Waals surface area contributed by atoms with E-state index in [-0.39, 0.29) is 11.3 Å². The Morgan fingerprint density at radius 3 is 2.30 bits per heavy atom. The number of amides is 1. The summed E-state index contributed by atoms with van der Waals surface area (Å²) in [6.07, 6.45) is 1.65. The lowest BCUT2D eigenvalue weighted by molar-refractivity contribution is -0.140. The molecule has 6 nitrogen and oxygen atoms in total. The van der Waals surface area contributed by atoms with Crippen molar-refractivity contribution in [2.75, 3.05) is 32.8 Å². The molecule has 0 spiro atoms. The van der Waals surface area contributed by atoms with E-state index in [9.17, 15) is 14.7 Å². The van der Waals surface area contributed by atoms with E-state index >= 15 is 0 Å². The largest absolute Gasteiger partial charge is 0.507 e. The van der Waals surface area contributed by atoms with Crippen molar-refractivity contribution in [1.82, 2.24) is 9.80 Å². The zero-order valence-corrected chi connectivity index (χ0v) is 19.6. The van der Waals surface area contributed by atoms with Gasteiger partial charge in [-0.05, 0) is 49.8 Å². The summed E-state index contributed by atoms with van der Waals surface area (Å²) in [5.74, 6) is -0.800. The van der Waals surface area contributed by atoms with Gasteiger partial charge in [0, 0.05) is 18.7 Å². The lowest BCUT2D eigenvalue weighted by Crippen LogP contribution is -2.38. The Labute approximate surface area is 195 Å². The van der Waals surface area contributed by atoms with Crippen LogP contribution >= 0.6 is 0 Å². The fourth-order valence-corrected chi connectivity index (χ4v) is 4.01. The lowest BCUT2D eigenvalue weighted by atomic mass is 9.94. The number of benzene rings is 2. The number of aliphatic hydroxyl groups is 1. The summed E-state index contributed by atoms with van der Waals surface area (Å²) in [6.45, 7) is 12.9. The first kappa shape index (κ1) is 24.3. The average molecular weight is 449 g/mol. The van der Waals surface area contributed by atoms with E-state index in [0.29, 0.717) is 31.0 Å². The molecule has 1 unspecified atom stereocenters. The second-order valence-electron chi connectivity index (χ2n) is 8.05. The Hall–Kier alpha value is -3.38. The van der Waals surface area contributed by atoms with E-state index in [2.05, 4.69) is 25.3 Å². The highest BCUT2D eigenvalue weighted by atomic mass is 16.5. The van der Waals surface area contributed by atoms with Crippen LogP contribution in [0.2, 0.25) is 0 Å². The molecular weight excluding hydrogens is 416 g/mol. The molecule has 2 aromatic rings. The van der Waals surface area contributed by atoms with Crippen LogP contribution in [-0.4, -0.2) is 59.4 Å². The molecule has 33 heavy (non-hydrogen) atoms. The van der Waals surface area contributed by atoms with Crippen LogP contribution in [0.3, 0.4) is 0 Å². The van der Waals surface area contributed by atoms with Crippen molar-refractivity contribution in [2.45, 2.75) is 26.8 Å². The monoisotopic (exact) mass is 448 g/mol. The molecule has 1 aliphatic heterocycles. The first-order valence-electron chi connectivity index (χ1n) is 11.3. The number of nitrogens with zero attached hydrogens (tertiary/aromatic N) is 2. The van der Waals surface area contributed by atoms with Crippen LogP contribution in [-0.2, 0) is 9.59 Å². The van der Waals surface area contributed by atoms with Crippen molar-refractivity contribution < 1.29 is 19.4 Å². The van der Waals surface area contributed by atoms with E-state index in [1.54, 1.807) is 35.2 Å². The van der Waals surface area contributed by atoms with Crippen LogP contribution in [0.5, 0.6) is 5.75 Å². The summed E-state index contributed by atoms with van der Waals surface area (Å²) in [5, 5.41) is 11.2. The Bertz CT molecular complexity index is 1020. The Balaban J connectivity index is 2.03. The first-order chi connectivity index (χ1) is 15.9. The van der Waals surface area contributed by atoms with Crippen LogP contribution in [0, 0.1) is 6.92 Å². The Kier molecular flexibility index (Phi) is 8.06. The molecule has 2 aromatic carbocycles. The minimum absolute atomic E-state index is 0.114. The molecule has 1 N–H and O–H groups in total. The quantitative estimate of drug-likeness (QED) is 0.254. The predicted octanol–water partition coefficient (Wildman–Crippen LogP) is 4.32. The highest BCUT2D eigenvalue weighted by molar-refractivity contribution is 6.46. The number of carbonyl (C=O) groups excluding carboxylic acids is 2. The molecule has 1 amide bonds. The molecule has 0 bridgehead atoms. The maximum atomic E-state index is 13.1. The summed E-state index contributed by atoms with van der Waals surface area (Å²) >= 11 is 0. The van der Waals surface area contributed by atoms with E-state index in [4.69, 9.17) is 4.74 Å². The van der Waals surface area contributed by atoms with Gasteiger partial charge in [0.05, 0.1) is 11.6 Å². The molecular formula is C27H32N2O4. The second-order valence-corrected chi connectivity index (χ2v) is 8.05. The summed E-state index contributed by atoms with van der Waals surface area (Å²) < 4.78 is 5.50. The minimum atomic E-state index is -0.662. The number of aliphatic hydroxyl groups excluding tert-OH is 1. The van der Waals surface area contributed by atoms with Crippen LogP contribution in [0.15, 0.2) is 66.8 Å². The smallest absolute Gasteiger partial charge is 0.295 e. The van der Waals surface area contributed by atoms with Crippen molar-refractivity contribution in [3.8, 4) is 5.75 Å². The molecule has 174 valence electrons. The van der Waals surface area contributed by atoms with Gasteiger partial charge in [-0.25, -0.2) is 0 Å². The van der Waals surface area contributed by atoms with Gasteiger partial charge in [-0.2, -0.15) is 0 Å². The number of ether oxygens (including phenoxy) is 1. The number of carbonyl (C=O) groups is 2. The number of ketones is 1. The van der Waals surface area contributed by atoms with Gasteiger partial charge in [0.15, 0.2) is 0 Å². The predicted molar refractivity (Wildman–Crippen MR) is 130 cm³/mol. The Morgan fingerprint density at radius 1 is 1.09 bits per heavy atom. The van der Waals surface area contributed by atoms with Gasteiger partial charge in [0.2, 0.25) is 0 Å². The van der Waals surface area contributed by atoms with Gasteiger partial charge >= 0.3 is 0 Å². The van der Waals surface area contributed by atoms with Crippen LogP contribution < -0.4 is 4.74 Å². The van der Waals surface area contributed by atoms with Gasteiger partial charge in [-0.1, -0.05) is 56.3 Å². The Morgan fingerprint density at radius 2 is 1.73 bits per heavy atom. The number of likely N-dealkylation sites (tertiary alicyclic amines) is 1. The number of hydrogen-bond acceptors (Lipinski definition) is 5. The van der Waals surface area contributed by atoms with Gasteiger partial charge in [0.25, 0.3) is 11.7 Å². The molecule has 3 rings (SSSR count). The highest BCUT2D eigenvalue weighted by Crippen LogP contribution is 2.39. The maximum absolute atomic E-state index is 13.1. The molecule has 0 aromatic heterocycles. The van der Waals surface area contributed by atoms with E-state index in [1.807, 2.05) is 31.2 Å². The molecule has 1 atom stereocenters. The van der Waals surface area contributed by atoms with Crippen molar-refractivity contribution in [2.24, 2.45) is 0 Å². The standard InChI is InChI=1S/C27H32N2O4/c1-5-18-33-22-14-12-21(13-15-22)25(30)23-24(20-10-8-19(4)9-11-20)29(27(32)26(23)31)17-16-28(6-2)7-3/h5,8-15,24,30H,1,6-7,16-18H2,2-4H3. The summed E-state index contributed by atoms with van der Waals surface area (Å²) in [6, 6.07) is 13.9. The van der Waals surface area contributed by atoms with Gasteiger partial charge in [-0.15, -0.1) is 0 Å². The third kappa shape index (κ3) is 5.34.